The van der Waals surface area contributed by atoms with Gasteiger partial charge in [-0.25, -0.2) is 0 Å². The second-order valence-electron chi connectivity index (χ2n) is 4.50. The van der Waals surface area contributed by atoms with Crippen molar-refractivity contribution in [3.8, 4) is 0 Å². The molecule has 4 nitrogen and oxygen atoms in total. The molecule has 1 amide bonds. The summed E-state index contributed by atoms with van der Waals surface area (Å²) in [5.41, 5.74) is 5.45. The number of halogens is 2. The summed E-state index contributed by atoms with van der Waals surface area (Å²) in [5.74, 6) is -0.0604. The molecular weight excluding hydrogens is 261 g/mol. The molecule has 0 spiro atoms. The summed E-state index contributed by atoms with van der Waals surface area (Å²) in [6, 6.07) is 0.319. The Morgan fingerprint density at radius 1 is 1.41 bits per heavy atom. The van der Waals surface area contributed by atoms with Crippen molar-refractivity contribution in [2.24, 2.45) is 5.73 Å². The van der Waals surface area contributed by atoms with Crippen LogP contribution < -0.4 is 11.1 Å². The Morgan fingerprint density at radius 2 is 1.94 bits per heavy atom. The molecule has 0 radical (unpaired) electrons. The van der Waals surface area contributed by atoms with E-state index in [0.717, 1.165) is 12.6 Å². The Balaban J connectivity index is 0. The van der Waals surface area contributed by atoms with Gasteiger partial charge in [-0.05, 0) is 26.8 Å². The summed E-state index contributed by atoms with van der Waals surface area (Å²) in [4.78, 5) is 13.5. The number of nitrogens with zero attached hydrogens (tertiary/aromatic N) is 1. The third kappa shape index (κ3) is 7.09. The Bertz CT molecular complexity index is 209. The zero-order chi connectivity index (χ0) is 11.3. The topological polar surface area (TPSA) is 58.4 Å². The van der Waals surface area contributed by atoms with Crippen molar-refractivity contribution in [1.82, 2.24) is 10.2 Å². The number of hydrogen-bond acceptors (Lipinski definition) is 3. The lowest BCUT2D eigenvalue weighted by molar-refractivity contribution is -0.122. The van der Waals surface area contributed by atoms with Crippen LogP contribution in [0.15, 0.2) is 0 Å². The number of hydrogen-bond donors (Lipinski definition) is 2. The average molecular weight is 286 g/mol. The first-order valence-electron chi connectivity index (χ1n) is 5.85. The highest BCUT2D eigenvalue weighted by Crippen LogP contribution is 2.21. The Morgan fingerprint density at radius 3 is 2.41 bits per heavy atom. The normalized spacial score (nSPS) is 17.2. The zero-order valence-electron chi connectivity index (χ0n) is 10.6. The highest BCUT2D eigenvalue weighted by atomic mass is 35.5. The maximum absolute atomic E-state index is 11.2. The van der Waals surface area contributed by atoms with Gasteiger partial charge in [0.15, 0.2) is 0 Å². The van der Waals surface area contributed by atoms with Crippen molar-refractivity contribution in [2.45, 2.75) is 44.7 Å². The third-order valence-corrected chi connectivity index (χ3v) is 3.13. The van der Waals surface area contributed by atoms with Crippen molar-refractivity contribution in [1.29, 1.82) is 0 Å². The highest BCUT2D eigenvalue weighted by molar-refractivity contribution is 5.85. The Labute approximate surface area is 117 Å². The standard InChI is InChI=1S/C11H23N3O.2ClH/c1-9(12)11(15)13-7-8-14(2)10-5-3-4-6-10;;/h9-10H,3-8,12H2,1-2H3,(H,13,15);2*1H/t9-;;/m1../s1. The fourth-order valence-corrected chi connectivity index (χ4v) is 2.04. The summed E-state index contributed by atoms with van der Waals surface area (Å²) in [7, 11) is 2.13. The van der Waals surface area contributed by atoms with Gasteiger partial charge in [-0.15, -0.1) is 24.8 Å². The number of carbonyl (C=O) groups is 1. The van der Waals surface area contributed by atoms with Crippen molar-refractivity contribution in [3.63, 3.8) is 0 Å². The lowest BCUT2D eigenvalue weighted by atomic mass is 10.2. The van der Waals surface area contributed by atoms with Crippen LogP contribution in [0.4, 0.5) is 0 Å². The number of likely N-dealkylation sites (N-methyl/N-ethyl adjacent to an activating group) is 1. The molecule has 1 saturated carbocycles. The second kappa shape index (κ2) is 9.95. The van der Waals surface area contributed by atoms with E-state index in [4.69, 9.17) is 5.73 Å². The maximum Gasteiger partial charge on any atom is 0.236 e. The van der Waals surface area contributed by atoms with Gasteiger partial charge < -0.3 is 16.0 Å². The minimum absolute atomic E-state index is 0. The fourth-order valence-electron chi connectivity index (χ4n) is 2.04. The van der Waals surface area contributed by atoms with Gasteiger partial charge in [-0.2, -0.15) is 0 Å². The van der Waals surface area contributed by atoms with E-state index in [2.05, 4.69) is 17.3 Å². The van der Waals surface area contributed by atoms with Gasteiger partial charge in [0.25, 0.3) is 0 Å². The molecule has 3 N–H and O–H groups in total. The highest BCUT2D eigenvalue weighted by Gasteiger charge is 2.19. The molecular formula is C11H25Cl2N3O. The van der Waals surface area contributed by atoms with Gasteiger partial charge in [0.2, 0.25) is 5.91 Å². The first-order chi connectivity index (χ1) is 7.11. The van der Waals surface area contributed by atoms with E-state index in [-0.39, 0.29) is 30.7 Å². The fraction of sp³-hybridized carbons (Fsp3) is 0.909. The SMILES string of the molecule is C[C@@H](N)C(=O)NCCN(C)C1CCCC1.Cl.Cl. The van der Waals surface area contributed by atoms with Crippen LogP contribution in [-0.4, -0.2) is 43.0 Å². The summed E-state index contributed by atoms with van der Waals surface area (Å²) < 4.78 is 0. The predicted octanol–water partition coefficient (Wildman–Crippen LogP) is 1.17. The van der Waals surface area contributed by atoms with Crippen molar-refractivity contribution < 1.29 is 4.79 Å². The monoisotopic (exact) mass is 285 g/mol. The summed E-state index contributed by atoms with van der Waals surface area (Å²) in [6.07, 6.45) is 5.30. The molecule has 0 saturated heterocycles. The van der Waals surface area contributed by atoms with E-state index >= 15 is 0 Å². The molecule has 17 heavy (non-hydrogen) atoms. The summed E-state index contributed by atoms with van der Waals surface area (Å²) in [5, 5.41) is 2.83. The van der Waals surface area contributed by atoms with Gasteiger partial charge in [0, 0.05) is 19.1 Å². The van der Waals surface area contributed by atoms with Gasteiger partial charge in [-0.1, -0.05) is 12.8 Å². The van der Waals surface area contributed by atoms with Crippen LogP contribution in [0.3, 0.4) is 0 Å². The minimum atomic E-state index is -0.401. The first kappa shape index (κ1) is 19.3. The van der Waals surface area contributed by atoms with Crippen molar-refractivity contribution in [3.05, 3.63) is 0 Å². The minimum Gasteiger partial charge on any atom is -0.353 e. The maximum atomic E-state index is 11.2. The van der Waals surface area contributed by atoms with Crippen LogP contribution >= 0.6 is 24.8 Å². The first-order valence-corrected chi connectivity index (χ1v) is 5.85. The molecule has 0 heterocycles. The van der Waals surface area contributed by atoms with Crippen LogP contribution in [0.5, 0.6) is 0 Å². The molecule has 1 atom stereocenters. The molecule has 104 valence electrons. The second-order valence-corrected chi connectivity index (χ2v) is 4.50. The van der Waals surface area contributed by atoms with Gasteiger partial charge in [-0.3, -0.25) is 4.79 Å². The van der Waals surface area contributed by atoms with Crippen LogP contribution in [0.1, 0.15) is 32.6 Å². The predicted molar refractivity (Wildman–Crippen MR) is 76.0 cm³/mol. The number of nitrogens with two attached hydrogens (primary N) is 1. The van der Waals surface area contributed by atoms with E-state index in [1.54, 1.807) is 6.92 Å². The molecule has 0 unspecified atom stereocenters. The van der Waals surface area contributed by atoms with Gasteiger partial charge in [0.1, 0.15) is 0 Å². The number of carbonyl (C=O) groups excluding carboxylic acids is 1. The summed E-state index contributed by atoms with van der Waals surface area (Å²) >= 11 is 0. The number of rotatable bonds is 5. The zero-order valence-corrected chi connectivity index (χ0v) is 12.3. The van der Waals surface area contributed by atoms with E-state index in [9.17, 15) is 4.79 Å². The molecule has 0 aromatic rings. The molecule has 0 bridgehead atoms. The summed E-state index contributed by atoms with van der Waals surface area (Å²) in [6.45, 7) is 3.33. The smallest absolute Gasteiger partial charge is 0.236 e. The quantitative estimate of drug-likeness (QED) is 0.797. The van der Waals surface area contributed by atoms with Crippen LogP contribution in [0.2, 0.25) is 0 Å². The molecule has 0 aromatic carbocycles. The van der Waals surface area contributed by atoms with E-state index in [1.807, 2.05) is 0 Å². The molecule has 1 fully saturated rings. The lowest BCUT2D eigenvalue weighted by Gasteiger charge is -2.24. The van der Waals surface area contributed by atoms with Crippen LogP contribution in [0, 0.1) is 0 Å². The molecule has 1 aliphatic carbocycles. The molecule has 0 aromatic heterocycles. The molecule has 6 heteroatoms. The van der Waals surface area contributed by atoms with Crippen LogP contribution in [-0.2, 0) is 4.79 Å². The Kier molecular flexibility index (Phi) is 11.3. The largest absolute Gasteiger partial charge is 0.353 e. The van der Waals surface area contributed by atoms with E-state index in [0.29, 0.717) is 6.54 Å². The number of nitrogens with one attached hydrogen (secondary N) is 1. The molecule has 0 aliphatic heterocycles. The van der Waals surface area contributed by atoms with Gasteiger partial charge >= 0.3 is 0 Å². The van der Waals surface area contributed by atoms with Gasteiger partial charge in [0.05, 0.1) is 6.04 Å². The van der Waals surface area contributed by atoms with Crippen LogP contribution in [0.25, 0.3) is 0 Å². The molecule has 1 aliphatic rings. The van der Waals surface area contributed by atoms with E-state index in [1.165, 1.54) is 25.7 Å². The van der Waals surface area contributed by atoms with Crippen molar-refractivity contribution >= 4 is 30.7 Å². The van der Waals surface area contributed by atoms with E-state index < -0.39 is 6.04 Å². The average Bonchev–Trinajstić information content (AvgIpc) is 2.70. The third-order valence-electron chi connectivity index (χ3n) is 3.13. The lowest BCUT2D eigenvalue weighted by Crippen LogP contribution is -2.42. The molecule has 1 rings (SSSR count). The van der Waals surface area contributed by atoms with Crippen molar-refractivity contribution in [2.75, 3.05) is 20.1 Å². The Hall–Kier alpha value is -0.0300. The number of amides is 1.